The summed E-state index contributed by atoms with van der Waals surface area (Å²) in [6.07, 6.45) is 2.79. The summed E-state index contributed by atoms with van der Waals surface area (Å²) in [7, 11) is 1.69. The Labute approximate surface area is 168 Å². The molecule has 2 heterocycles. The zero-order valence-electron chi connectivity index (χ0n) is 15.8. The molecule has 0 radical (unpaired) electrons. The molecule has 1 saturated heterocycles. The van der Waals surface area contributed by atoms with E-state index in [-0.39, 0.29) is 5.82 Å². The molecular weight excluding hydrogens is 375 g/mol. The highest BCUT2D eigenvalue weighted by molar-refractivity contribution is 7.15. The van der Waals surface area contributed by atoms with Crippen LogP contribution < -0.4 is 15.0 Å². The Morgan fingerprint density at radius 2 is 1.79 bits per heavy atom. The van der Waals surface area contributed by atoms with E-state index in [1.807, 2.05) is 12.1 Å². The normalized spacial score (nSPS) is 14.9. The average Bonchev–Trinajstić information content (AvgIpc) is 3.17. The van der Waals surface area contributed by atoms with Crippen molar-refractivity contribution in [3.8, 4) is 5.75 Å². The van der Waals surface area contributed by atoms with Crippen LogP contribution in [-0.2, 0) is 6.42 Å². The third-order valence-electron chi connectivity index (χ3n) is 5.00. The van der Waals surface area contributed by atoms with Crippen LogP contribution in [0.15, 0.2) is 48.5 Å². The van der Waals surface area contributed by atoms with Crippen LogP contribution >= 0.6 is 11.3 Å². The lowest BCUT2D eigenvalue weighted by Crippen LogP contribution is -2.39. The van der Waals surface area contributed by atoms with Crippen molar-refractivity contribution in [1.29, 1.82) is 0 Å². The molecular formula is C21H23FN4OS. The molecule has 0 bridgehead atoms. The molecule has 4 rings (SSSR count). The van der Waals surface area contributed by atoms with E-state index in [4.69, 9.17) is 4.74 Å². The molecule has 0 unspecified atom stereocenters. The van der Waals surface area contributed by atoms with Crippen LogP contribution in [0.4, 0.5) is 15.2 Å². The molecule has 28 heavy (non-hydrogen) atoms. The number of benzene rings is 2. The van der Waals surface area contributed by atoms with Crippen LogP contribution in [0.3, 0.4) is 0 Å². The van der Waals surface area contributed by atoms with Gasteiger partial charge in [0.2, 0.25) is 5.13 Å². The number of nitrogens with zero attached hydrogens (tertiary/aromatic N) is 3. The molecule has 1 N–H and O–H groups in total. The van der Waals surface area contributed by atoms with Gasteiger partial charge in [-0.25, -0.2) is 4.39 Å². The molecule has 2 aromatic carbocycles. The van der Waals surface area contributed by atoms with Crippen molar-refractivity contribution >= 4 is 22.2 Å². The van der Waals surface area contributed by atoms with E-state index in [9.17, 15) is 4.39 Å². The van der Waals surface area contributed by atoms with Crippen LogP contribution in [0.5, 0.6) is 5.75 Å². The Bertz CT molecular complexity index is 890. The highest BCUT2D eigenvalue weighted by Gasteiger charge is 2.20. The van der Waals surface area contributed by atoms with Gasteiger partial charge in [0, 0.05) is 31.2 Å². The van der Waals surface area contributed by atoms with Gasteiger partial charge in [-0.3, -0.25) is 0 Å². The molecule has 3 aromatic rings. The minimum atomic E-state index is -0.218. The van der Waals surface area contributed by atoms with E-state index >= 15 is 0 Å². The SMILES string of the molecule is COc1ccc(N2CCC(Nc3nnc(Cc4ccc(F)cc4)s3)CC2)cc1. The number of nitrogens with one attached hydrogen (secondary N) is 1. The average molecular weight is 399 g/mol. The standard InChI is InChI=1S/C21H23FN4OS/c1-27-19-8-6-18(7-9-19)26-12-10-17(11-13-26)23-21-25-24-20(28-21)14-15-2-4-16(22)5-3-15/h2-9,17H,10-14H2,1H3,(H,23,25). The molecule has 0 amide bonds. The smallest absolute Gasteiger partial charge is 0.205 e. The maximum absolute atomic E-state index is 13.0. The summed E-state index contributed by atoms with van der Waals surface area (Å²) < 4.78 is 18.2. The third kappa shape index (κ3) is 4.59. The molecule has 0 saturated carbocycles. The van der Waals surface area contributed by atoms with Crippen LogP contribution in [0.2, 0.25) is 0 Å². The number of anilines is 2. The van der Waals surface area contributed by atoms with Gasteiger partial charge in [-0.05, 0) is 54.8 Å². The number of piperidine rings is 1. The highest BCUT2D eigenvalue weighted by Crippen LogP contribution is 2.25. The Morgan fingerprint density at radius 1 is 1.07 bits per heavy atom. The quantitative estimate of drug-likeness (QED) is 0.669. The number of hydrogen-bond acceptors (Lipinski definition) is 6. The summed E-state index contributed by atoms with van der Waals surface area (Å²) in [6.45, 7) is 2.01. The third-order valence-corrected chi connectivity index (χ3v) is 5.85. The number of methoxy groups -OCH3 is 1. The maximum Gasteiger partial charge on any atom is 0.205 e. The van der Waals surface area contributed by atoms with Crippen LogP contribution in [-0.4, -0.2) is 36.4 Å². The Balaban J connectivity index is 1.29. The molecule has 1 fully saturated rings. The number of ether oxygens (including phenoxy) is 1. The Kier molecular flexibility index (Phi) is 5.71. The topological polar surface area (TPSA) is 50.3 Å². The lowest BCUT2D eigenvalue weighted by atomic mass is 10.0. The summed E-state index contributed by atoms with van der Waals surface area (Å²) >= 11 is 1.57. The number of aromatic nitrogens is 2. The predicted octanol–water partition coefficient (Wildman–Crippen LogP) is 4.36. The molecule has 7 heteroatoms. The van der Waals surface area contributed by atoms with Crippen LogP contribution in [0.1, 0.15) is 23.4 Å². The molecule has 146 valence electrons. The van der Waals surface area contributed by atoms with Gasteiger partial charge in [0.25, 0.3) is 0 Å². The van der Waals surface area contributed by atoms with Gasteiger partial charge in [0.1, 0.15) is 16.6 Å². The molecule has 1 aromatic heterocycles. The van der Waals surface area contributed by atoms with E-state index in [2.05, 4.69) is 32.5 Å². The van der Waals surface area contributed by atoms with E-state index in [1.54, 1.807) is 30.6 Å². The van der Waals surface area contributed by atoms with Crippen molar-refractivity contribution in [2.75, 3.05) is 30.4 Å². The maximum atomic E-state index is 13.0. The van der Waals surface area contributed by atoms with Crippen molar-refractivity contribution in [1.82, 2.24) is 10.2 Å². The molecule has 5 nitrogen and oxygen atoms in total. The second-order valence-corrected chi connectivity index (χ2v) is 7.97. The monoisotopic (exact) mass is 398 g/mol. The second kappa shape index (κ2) is 8.56. The van der Waals surface area contributed by atoms with Crippen molar-refractivity contribution in [2.24, 2.45) is 0 Å². The van der Waals surface area contributed by atoms with E-state index in [0.717, 1.165) is 47.4 Å². The van der Waals surface area contributed by atoms with Crippen molar-refractivity contribution < 1.29 is 9.13 Å². The Hall–Kier alpha value is -2.67. The summed E-state index contributed by atoms with van der Waals surface area (Å²) in [5, 5.41) is 13.9. The van der Waals surface area contributed by atoms with Crippen LogP contribution in [0, 0.1) is 5.82 Å². The van der Waals surface area contributed by atoms with Gasteiger partial charge in [0.15, 0.2) is 0 Å². The molecule has 0 spiro atoms. The van der Waals surface area contributed by atoms with Crippen molar-refractivity contribution in [2.45, 2.75) is 25.3 Å². The van der Waals surface area contributed by atoms with Gasteiger partial charge in [-0.15, -0.1) is 10.2 Å². The predicted molar refractivity (Wildman–Crippen MR) is 111 cm³/mol. The van der Waals surface area contributed by atoms with Gasteiger partial charge in [0.05, 0.1) is 7.11 Å². The Morgan fingerprint density at radius 3 is 2.46 bits per heavy atom. The first kappa shape index (κ1) is 18.7. The zero-order chi connectivity index (χ0) is 19.3. The van der Waals surface area contributed by atoms with E-state index in [1.165, 1.54) is 17.8 Å². The lowest BCUT2D eigenvalue weighted by Gasteiger charge is -2.33. The largest absolute Gasteiger partial charge is 0.497 e. The summed E-state index contributed by atoms with van der Waals surface area (Å²) in [5.41, 5.74) is 2.27. The highest BCUT2D eigenvalue weighted by atomic mass is 32.1. The fourth-order valence-electron chi connectivity index (χ4n) is 3.41. The molecule has 1 aliphatic rings. The minimum absolute atomic E-state index is 0.218. The number of halogens is 1. The summed E-state index contributed by atoms with van der Waals surface area (Å²) in [5.74, 6) is 0.664. The summed E-state index contributed by atoms with van der Waals surface area (Å²) in [4.78, 5) is 2.40. The molecule has 1 aliphatic heterocycles. The lowest BCUT2D eigenvalue weighted by molar-refractivity contribution is 0.414. The van der Waals surface area contributed by atoms with Crippen molar-refractivity contribution in [3.63, 3.8) is 0 Å². The van der Waals surface area contributed by atoms with Gasteiger partial charge in [-0.1, -0.05) is 23.5 Å². The van der Waals surface area contributed by atoms with Crippen LogP contribution in [0.25, 0.3) is 0 Å². The number of hydrogen-bond donors (Lipinski definition) is 1. The first-order valence-corrected chi connectivity index (χ1v) is 10.2. The van der Waals surface area contributed by atoms with E-state index < -0.39 is 0 Å². The first-order chi connectivity index (χ1) is 13.7. The zero-order valence-corrected chi connectivity index (χ0v) is 16.6. The second-order valence-electron chi connectivity index (χ2n) is 6.91. The number of rotatable bonds is 6. The van der Waals surface area contributed by atoms with Gasteiger partial charge in [-0.2, -0.15) is 0 Å². The van der Waals surface area contributed by atoms with Gasteiger partial charge < -0.3 is 15.0 Å². The fourth-order valence-corrected chi connectivity index (χ4v) is 4.26. The fraction of sp³-hybridized carbons (Fsp3) is 0.333. The molecule has 0 atom stereocenters. The minimum Gasteiger partial charge on any atom is -0.497 e. The first-order valence-electron chi connectivity index (χ1n) is 9.42. The van der Waals surface area contributed by atoms with Gasteiger partial charge >= 0.3 is 0 Å². The van der Waals surface area contributed by atoms with Crippen molar-refractivity contribution in [3.05, 3.63) is 64.9 Å². The summed E-state index contributed by atoms with van der Waals surface area (Å²) in [6, 6.07) is 15.2. The molecule has 0 aliphatic carbocycles. The van der Waals surface area contributed by atoms with E-state index in [0.29, 0.717) is 12.5 Å².